The second-order valence-electron chi connectivity index (χ2n) is 7.92. The first-order valence-corrected chi connectivity index (χ1v) is 7.94. The number of ether oxygens (including phenoxy) is 2. The SMILES string of the molecule is FC(F)(F)C12C3(C(F)(F)F)[C@]45C=C[C@]1(CC[C@]21C=C[C@@]3(CC4)O1)O5. The van der Waals surface area contributed by atoms with Crippen molar-refractivity contribution in [2.45, 2.75) is 60.4 Å². The lowest BCUT2D eigenvalue weighted by atomic mass is 9.44. The van der Waals surface area contributed by atoms with Crippen molar-refractivity contribution in [1.29, 1.82) is 0 Å². The second-order valence-corrected chi connectivity index (χ2v) is 7.92. The first kappa shape index (κ1) is 14.2. The van der Waals surface area contributed by atoms with E-state index in [2.05, 4.69) is 0 Å². The lowest BCUT2D eigenvalue weighted by Gasteiger charge is -2.55. The van der Waals surface area contributed by atoms with E-state index < -0.39 is 45.6 Å². The molecule has 8 heteroatoms. The summed E-state index contributed by atoms with van der Waals surface area (Å²) in [6.07, 6.45) is -5.72. The zero-order valence-electron chi connectivity index (χ0n) is 12.2. The third kappa shape index (κ3) is 0.805. The molecule has 0 aromatic rings. The van der Waals surface area contributed by atoms with Gasteiger partial charge in [-0.1, -0.05) is 24.3 Å². The minimum Gasteiger partial charge on any atom is -0.358 e. The molecule has 0 unspecified atom stereocenters. The fourth-order valence-electron chi connectivity index (χ4n) is 7.53. The molecule has 2 aliphatic carbocycles. The lowest BCUT2D eigenvalue weighted by molar-refractivity contribution is -0.347. The molecule has 0 N–H and O–H groups in total. The smallest absolute Gasteiger partial charge is 0.358 e. The summed E-state index contributed by atoms with van der Waals surface area (Å²) in [5, 5.41) is 0. The van der Waals surface area contributed by atoms with Crippen LogP contribution in [0.25, 0.3) is 0 Å². The van der Waals surface area contributed by atoms with Gasteiger partial charge in [0, 0.05) is 0 Å². The van der Waals surface area contributed by atoms with Gasteiger partial charge in [-0.05, 0) is 25.7 Å². The Balaban J connectivity index is 1.87. The van der Waals surface area contributed by atoms with Crippen molar-refractivity contribution in [2.24, 2.45) is 10.8 Å². The van der Waals surface area contributed by atoms with Gasteiger partial charge < -0.3 is 9.47 Å². The molecule has 0 radical (unpaired) electrons. The number of halogens is 6. The number of hydrogen-bond acceptors (Lipinski definition) is 2. The summed E-state index contributed by atoms with van der Waals surface area (Å²) < 4.78 is 98.9. The summed E-state index contributed by atoms with van der Waals surface area (Å²) in [4.78, 5) is 0. The summed E-state index contributed by atoms with van der Waals surface area (Å²) in [5.74, 6) is 0. The number of alkyl halides is 6. The van der Waals surface area contributed by atoms with E-state index in [9.17, 15) is 26.3 Å². The van der Waals surface area contributed by atoms with Crippen molar-refractivity contribution >= 4 is 0 Å². The molecule has 24 heavy (non-hydrogen) atoms. The maximum absolute atomic E-state index is 14.6. The highest BCUT2D eigenvalue weighted by molar-refractivity contribution is 5.59. The highest BCUT2D eigenvalue weighted by atomic mass is 19.4. The predicted molar refractivity (Wildman–Crippen MR) is 66.8 cm³/mol. The van der Waals surface area contributed by atoms with Gasteiger partial charge in [0.2, 0.25) is 0 Å². The molecule has 6 aliphatic rings. The number of hydrogen-bond donors (Lipinski definition) is 0. The van der Waals surface area contributed by atoms with Crippen LogP contribution in [0.2, 0.25) is 0 Å². The molecule has 4 atom stereocenters. The largest absolute Gasteiger partial charge is 0.401 e. The highest BCUT2D eigenvalue weighted by Gasteiger charge is 3.08. The van der Waals surface area contributed by atoms with Crippen molar-refractivity contribution < 1.29 is 35.8 Å². The monoisotopic (exact) mass is 350 g/mol. The molecule has 4 aliphatic heterocycles. The maximum Gasteiger partial charge on any atom is 0.401 e. The minimum atomic E-state index is -5.11. The fraction of sp³-hybridized carbons (Fsp3) is 0.750. The van der Waals surface area contributed by atoms with E-state index >= 15 is 0 Å². The van der Waals surface area contributed by atoms with Gasteiger partial charge in [-0.2, -0.15) is 26.3 Å². The molecule has 6 rings (SSSR count). The van der Waals surface area contributed by atoms with Crippen molar-refractivity contribution in [2.75, 3.05) is 0 Å². The average Bonchev–Trinajstić information content (AvgIpc) is 3.20. The van der Waals surface area contributed by atoms with E-state index in [1.165, 1.54) is 24.3 Å². The van der Waals surface area contributed by atoms with Crippen LogP contribution in [0, 0.1) is 10.8 Å². The Labute approximate surface area is 132 Å². The molecule has 2 saturated carbocycles. The molecular weight excluding hydrogens is 338 g/mol. The van der Waals surface area contributed by atoms with E-state index in [0.29, 0.717) is 0 Å². The van der Waals surface area contributed by atoms with Crippen molar-refractivity contribution in [3.8, 4) is 0 Å². The molecule has 0 aromatic carbocycles. The van der Waals surface area contributed by atoms with Crippen LogP contribution in [0.15, 0.2) is 24.3 Å². The van der Waals surface area contributed by atoms with Crippen LogP contribution >= 0.6 is 0 Å². The Bertz CT molecular complexity index is 662. The van der Waals surface area contributed by atoms with Gasteiger partial charge in [-0.25, -0.2) is 0 Å². The molecule has 130 valence electrons. The zero-order valence-corrected chi connectivity index (χ0v) is 12.2. The molecule has 0 amide bonds. The molecular formula is C16H12F6O2. The van der Waals surface area contributed by atoms with E-state index in [-0.39, 0.29) is 25.7 Å². The molecule has 4 fully saturated rings. The molecule has 2 nitrogen and oxygen atoms in total. The average molecular weight is 350 g/mol. The highest BCUT2D eigenvalue weighted by Crippen LogP contribution is 2.94. The van der Waals surface area contributed by atoms with Crippen LogP contribution in [0.3, 0.4) is 0 Å². The van der Waals surface area contributed by atoms with Crippen LogP contribution in [0.1, 0.15) is 25.7 Å². The summed E-state index contributed by atoms with van der Waals surface area (Å²) >= 11 is 0. The van der Waals surface area contributed by atoms with Gasteiger partial charge in [0.05, 0.1) is 0 Å². The topological polar surface area (TPSA) is 18.5 Å². The minimum absolute atomic E-state index is 0.122. The Morgan fingerprint density at radius 3 is 1.00 bits per heavy atom. The van der Waals surface area contributed by atoms with Crippen molar-refractivity contribution in [3.05, 3.63) is 24.3 Å². The summed E-state index contributed by atoms with van der Waals surface area (Å²) in [6.45, 7) is 0. The standard InChI is InChI=1S/C16H12F6O2/c17-15(18,19)13-9-1-2-10(13)7-8-12(24-10)4-3-11(23-9,6-5-9)14(12,13)16(20,21)22/h5-8H,1-4H2/t9-,10-,11+,12+,13?,14?. The van der Waals surface area contributed by atoms with Gasteiger partial charge in [0.25, 0.3) is 0 Å². The van der Waals surface area contributed by atoms with E-state index in [1.807, 2.05) is 0 Å². The summed E-state index contributed by atoms with van der Waals surface area (Å²) in [6, 6.07) is 0. The van der Waals surface area contributed by atoms with Gasteiger partial charge in [-0.3, -0.25) is 0 Å². The Morgan fingerprint density at radius 2 is 0.792 bits per heavy atom. The van der Waals surface area contributed by atoms with Gasteiger partial charge in [-0.15, -0.1) is 0 Å². The van der Waals surface area contributed by atoms with Crippen LogP contribution in [-0.4, -0.2) is 34.8 Å². The van der Waals surface area contributed by atoms with Crippen molar-refractivity contribution in [1.82, 2.24) is 0 Å². The van der Waals surface area contributed by atoms with E-state index in [0.717, 1.165) is 0 Å². The molecule has 4 bridgehead atoms. The van der Waals surface area contributed by atoms with E-state index in [1.54, 1.807) is 0 Å². The van der Waals surface area contributed by atoms with Crippen LogP contribution in [-0.2, 0) is 9.47 Å². The maximum atomic E-state index is 14.6. The lowest BCUT2D eigenvalue weighted by Crippen LogP contribution is -2.73. The molecule has 4 heterocycles. The van der Waals surface area contributed by atoms with Crippen molar-refractivity contribution in [3.63, 3.8) is 0 Å². The first-order valence-electron chi connectivity index (χ1n) is 7.94. The van der Waals surface area contributed by atoms with E-state index in [4.69, 9.17) is 9.47 Å². The molecule has 2 saturated heterocycles. The molecule has 4 spiro atoms. The normalized spacial score (nSPS) is 61.4. The summed E-state index contributed by atoms with van der Waals surface area (Å²) in [5.41, 5.74) is -14.2. The fourth-order valence-corrected chi connectivity index (χ4v) is 7.53. The first-order chi connectivity index (χ1) is 11.0. The predicted octanol–water partition coefficient (Wildman–Crippen LogP) is 3.83. The third-order valence-corrected chi connectivity index (χ3v) is 7.66. The van der Waals surface area contributed by atoms with Gasteiger partial charge in [0.15, 0.2) is 10.8 Å². The molecule has 0 aromatic heterocycles. The van der Waals surface area contributed by atoms with Gasteiger partial charge >= 0.3 is 12.4 Å². The Kier molecular flexibility index (Phi) is 1.76. The quantitative estimate of drug-likeness (QED) is 0.488. The van der Waals surface area contributed by atoms with Crippen LogP contribution in [0.4, 0.5) is 26.3 Å². The summed E-state index contributed by atoms with van der Waals surface area (Å²) in [7, 11) is 0. The van der Waals surface area contributed by atoms with Crippen LogP contribution in [0.5, 0.6) is 0 Å². The van der Waals surface area contributed by atoms with Gasteiger partial charge in [0.1, 0.15) is 22.4 Å². The van der Waals surface area contributed by atoms with Crippen LogP contribution < -0.4 is 0 Å². The zero-order chi connectivity index (χ0) is 17.1. The second kappa shape index (κ2) is 2.98. The number of rotatable bonds is 0. The Morgan fingerprint density at radius 1 is 0.542 bits per heavy atom. The Hall–Kier alpha value is -1.02. The third-order valence-electron chi connectivity index (χ3n) is 7.66.